The minimum atomic E-state index is -0.873. The van der Waals surface area contributed by atoms with Crippen molar-refractivity contribution in [1.29, 1.82) is 0 Å². The third kappa shape index (κ3) is 9.20. The summed E-state index contributed by atoms with van der Waals surface area (Å²) in [6, 6.07) is 18.0. The average molecular weight is 507 g/mol. The number of ether oxygens (including phenoxy) is 1. The molecule has 37 heavy (non-hydrogen) atoms. The third-order valence-electron chi connectivity index (χ3n) is 6.04. The van der Waals surface area contributed by atoms with E-state index in [0.29, 0.717) is 38.2 Å². The van der Waals surface area contributed by atoms with Crippen molar-refractivity contribution in [3.8, 4) is 0 Å². The first-order valence-electron chi connectivity index (χ1n) is 12.3. The van der Waals surface area contributed by atoms with Crippen LogP contribution in [0, 0.1) is 0 Å². The van der Waals surface area contributed by atoms with Crippen LogP contribution >= 0.6 is 0 Å². The molecular weight excluding hydrogens is 472 g/mol. The van der Waals surface area contributed by atoms with Gasteiger partial charge in [0.15, 0.2) is 0 Å². The number of amides is 2. The Kier molecular flexibility index (Phi) is 10.4. The second-order valence-corrected chi connectivity index (χ2v) is 9.11. The van der Waals surface area contributed by atoms with E-state index in [2.05, 4.69) is 22.1 Å². The number of hydrogen-bond donors (Lipinski definition) is 2. The van der Waals surface area contributed by atoms with E-state index in [4.69, 9.17) is 4.74 Å². The molecular formula is C28H34N4O5. The molecule has 1 saturated heterocycles. The number of Topliss-reactive ketones (excluding diaryl/α,β-unsaturated/α-hetero) is 1. The molecule has 2 N–H and O–H groups in total. The highest BCUT2D eigenvalue weighted by molar-refractivity contribution is 5.85. The van der Waals surface area contributed by atoms with Crippen LogP contribution < -0.4 is 10.6 Å². The molecule has 1 heterocycles. The van der Waals surface area contributed by atoms with Gasteiger partial charge in [0.05, 0.1) is 18.6 Å². The summed E-state index contributed by atoms with van der Waals surface area (Å²) in [4.78, 5) is 52.0. The number of benzene rings is 2. The van der Waals surface area contributed by atoms with Crippen molar-refractivity contribution < 1.29 is 23.9 Å². The Morgan fingerprint density at radius 3 is 2.32 bits per heavy atom. The lowest BCUT2D eigenvalue weighted by Crippen LogP contribution is -2.47. The Morgan fingerprint density at radius 2 is 1.70 bits per heavy atom. The molecule has 1 aliphatic heterocycles. The number of alkyl carbamates (subject to hydrolysis) is 1. The SMILES string of the molecule is C=C1C(NC(=O)OCc2ccccc2)CN(Cc2ccccc2)CCN1CC(=O)NC(C=O)CC(C)=O. The van der Waals surface area contributed by atoms with Crippen molar-refractivity contribution >= 4 is 24.1 Å². The van der Waals surface area contributed by atoms with E-state index >= 15 is 0 Å². The van der Waals surface area contributed by atoms with Crippen LogP contribution in [0.4, 0.5) is 4.79 Å². The van der Waals surface area contributed by atoms with Gasteiger partial charge in [-0.1, -0.05) is 67.2 Å². The van der Waals surface area contributed by atoms with Gasteiger partial charge in [0, 0.05) is 38.3 Å². The Hall–Kier alpha value is -3.98. The zero-order chi connectivity index (χ0) is 26.6. The molecule has 9 nitrogen and oxygen atoms in total. The van der Waals surface area contributed by atoms with Crippen molar-refractivity contribution in [2.75, 3.05) is 26.2 Å². The molecule has 196 valence electrons. The summed E-state index contributed by atoms with van der Waals surface area (Å²) in [5, 5.41) is 5.49. The van der Waals surface area contributed by atoms with Crippen LogP contribution in [-0.4, -0.2) is 72.1 Å². The predicted molar refractivity (Wildman–Crippen MR) is 139 cm³/mol. The molecule has 1 fully saturated rings. The van der Waals surface area contributed by atoms with Crippen LogP contribution in [0.3, 0.4) is 0 Å². The minimum absolute atomic E-state index is 0.0571. The fraction of sp³-hybridized carbons (Fsp3) is 0.357. The van der Waals surface area contributed by atoms with Gasteiger partial charge in [-0.3, -0.25) is 14.5 Å². The number of hydrogen-bond acceptors (Lipinski definition) is 7. The van der Waals surface area contributed by atoms with Crippen LogP contribution in [0.1, 0.15) is 24.5 Å². The molecule has 0 bridgehead atoms. The van der Waals surface area contributed by atoms with Crippen LogP contribution in [0.15, 0.2) is 72.9 Å². The Labute approximate surface area is 217 Å². The maximum Gasteiger partial charge on any atom is 0.408 e. The minimum Gasteiger partial charge on any atom is -0.445 e. The normalized spacial score (nSPS) is 16.8. The molecule has 2 unspecified atom stereocenters. The van der Waals surface area contributed by atoms with Crippen molar-refractivity contribution in [1.82, 2.24) is 20.4 Å². The van der Waals surface area contributed by atoms with Crippen molar-refractivity contribution in [3.05, 3.63) is 84.1 Å². The molecule has 2 aromatic rings. The maximum atomic E-state index is 12.7. The number of rotatable bonds is 11. The molecule has 0 radical (unpaired) electrons. The summed E-state index contributed by atoms with van der Waals surface area (Å²) >= 11 is 0. The topological polar surface area (TPSA) is 108 Å². The van der Waals surface area contributed by atoms with Gasteiger partial charge in [0.25, 0.3) is 0 Å². The Balaban J connectivity index is 1.68. The van der Waals surface area contributed by atoms with Gasteiger partial charge in [-0.05, 0) is 18.1 Å². The molecule has 0 spiro atoms. The molecule has 1 aliphatic rings. The fourth-order valence-corrected chi connectivity index (χ4v) is 4.15. The first kappa shape index (κ1) is 27.6. The van der Waals surface area contributed by atoms with Crippen molar-refractivity contribution in [2.45, 2.75) is 38.6 Å². The molecule has 0 aromatic heterocycles. The summed E-state index contributed by atoms with van der Waals surface area (Å²) < 4.78 is 5.42. The highest BCUT2D eigenvalue weighted by atomic mass is 16.5. The monoisotopic (exact) mass is 506 g/mol. The molecule has 0 aliphatic carbocycles. The molecule has 2 aromatic carbocycles. The number of nitrogens with one attached hydrogen (secondary N) is 2. The van der Waals surface area contributed by atoms with E-state index in [1.807, 2.05) is 60.7 Å². The molecule has 2 atom stereocenters. The fourth-order valence-electron chi connectivity index (χ4n) is 4.15. The van der Waals surface area contributed by atoms with Gasteiger partial charge in [-0.2, -0.15) is 0 Å². The van der Waals surface area contributed by atoms with E-state index in [9.17, 15) is 19.2 Å². The van der Waals surface area contributed by atoms with E-state index < -0.39 is 24.1 Å². The number of carbonyl (C=O) groups excluding carboxylic acids is 4. The lowest BCUT2D eigenvalue weighted by molar-refractivity contribution is -0.126. The van der Waals surface area contributed by atoms with Crippen molar-refractivity contribution in [3.63, 3.8) is 0 Å². The lowest BCUT2D eigenvalue weighted by atomic mass is 10.1. The second kappa shape index (κ2) is 13.9. The molecule has 2 amide bonds. The van der Waals surface area contributed by atoms with Gasteiger partial charge in [0.1, 0.15) is 18.7 Å². The standard InChI is InChI=1S/C28H34N4O5/c1-21(34)15-25(19-33)29-27(35)18-32-14-13-31(16-23-9-5-3-6-10-23)17-26(22(32)2)30-28(36)37-20-24-11-7-4-8-12-24/h3-12,19,25-26H,2,13-18,20H2,1H3,(H,29,35)(H,30,36). The van der Waals surface area contributed by atoms with Crippen LogP contribution in [-0.2, 0) is 32.3 Å². The van der Waals surface area contributed by atoms with Crippen LogP contribution in [0.2, 0.25) is 0 Å². The number of aldehydes is 1. The summed E-state index contributed by atoms with van der Waals surface area (Å²) in [6.45, 7) is 7.89. The van der Waals surface area contributed by atoms with Crippen LogP contribution in [0.25, 0.3) is 0 Å². The predicted octanol–water partition coefficient (Wildman–Crippen LogP) is 2.28. The molecule has 9 heteroatoms. The van der Waals surface area contributed by atoms with Gasteiger partial charge < -0.3 is 25.1 Å². The van der Waals surface area contributed by atoms with Crippen molar-refractivity contribution in [2.24, 2.45) is 0 Å². The van der Waals surface area contributed by atoms with Gasteiger partial charge in [0.2, 0.25) is 5.91 Å². The molecule has 3 rings (SSSR count). The third-order valence-corrected chi connectivity index (χ3v) is 6.04. The summed E-state index contributed by atoms with van der Waals surface area (Å²) in [5.41, 5.74) is 2.57. The second-order valence-electron chi connectivity index (χ2n) is 9.11. The smallest absolute Gasteiger partial charge is 0.408 e. The van der Waals surface area contributed by atoms with E-state index in [1.165, 1.54) is 6.92 Å². The maximum absolute atomic E-state index is 12.7. The summed E-state index contributed by atoms with van der Waals surface area (Å²) in [5.74, 6) is -0.590. The Bertz CT molecular complexity index is 1080. The quantitative estimate of drug-likeness (QED) is 0.450. The number of nitrogens with zero attached hydrogens (tertiary/aromatic N) is 2. The first-order chi connectivity index (χ1) is 17.8. The first-order valence-corrected chi connectivity index (χ1v) is 12.3. The van der Waals surface area contributed by atoms with Crippen LogP contribution in [0.5, 0.6) is 0 Å². The Morgan fingerprint density at radius 1 is 1.05 bits per heavy atom. The summed E-state index contributed by atoms with van der Waals surface area (Å²) in [6.07, 6.45) is -0.0765. The highest BCUT2D eigenvalue weighted by Crippen LogP contribution is 2.17. The van der Waals surface area contributed by atoms with E-state index in [1.54, 1.807) is 4.90 Å². The van der Waals surface area contributed by atoms with Gasteiger partial charge >= 0.3 is 6.09 Å². The molecule has 0 saturated carbocycles. The van der Waals surface area contributed by atoms with E-state index in [0.717, 1.165) is 11.1 Å². The van der Waals surface area contributed by atoms with E-state index in [-0.39, 0.29) is 25.4 Å². The highest BCUT2D eigenvalue weighted by Gasteiger charge is 2.29. The zero-order valence-electron chi connectivity index (χ0n) is 21.1. The van der Waals surface area contributed by atoms with Gasteiger partial charge in [-0.25, -0.2) is 4.79 Å². The number of ketones is 1. The largest absolute Gasteiger partial charge is 0.445 e. The lowest BCUT2D eigenvalue weighted by Gasteiger charge is -2.29. The number of carbonyl (C=O) groups is 4. The average Bonchev–Trinajstić information content (AvgIpc) is 3.02. The van der Waals surface area contributed by atoms with Gasteiger partial charge in [-0.15, -0.1) is 0 Å². The zero-order valence-corrected chi connectivity index (χ0v) is 21.1. The summed E-state index contributed by atoms with van der Waals surface area (Å²) in [7, 11) is 0.